The van der Waals surface area contributed by atoms with Crippen molar-refractivity contribution < 1.29 is 0 Å². The zero-order valence-corrected chi connectivity index (χ0v) is 8.44. The Balaban J connectivity index is 0.000000187. The summed E-state index contributed by atoms with van der Waals surface area (Å²) in [4.78, 5) is 0. The second-order valence-electron chi connectivity index (χ2n) is 4.65. The average Bonchev–Trinajstić information content (AvgIpc) is 2.12. The van der Waals surface area contributed by atoms with Crippen molar-refractivity contribution in [3.05, 3.63) is 23.8 Å². The molecule has 0 N–H and O–H groups in total. The van der Waals surface area contributed by atoms with Crippen molar-refractivity contribution in [3.63, 3.8) is 0 Å². The molecule has 0 unspecified atom stereocenters. The molecule has 0 fully saturated rings. The lowest BCUT2D eigenvalue weighted by Crippen LogP contribution is -1.93. The first-order chi connectivity index (χ1) is 4.89. The molecule has 0 aromatic heterocycles. The van der Waals surface area contributed by atoms with E-state index in [1.54, 1.807) is 0 Å². The molecule has 0 aromatic carbocycles. The smallest absolute Gasteiger partial charge is 0.0135 e. The Morgan fingerprint density at radius 2 is 1.64 bits per heavy atom. The molecule has 0 heteroatoms. The van der Waals surface area contributed by atoms with Crippen LogP contribution in [0.15, 0.2) is 23.8 Å². The molecule has 64 valence electrons. The Kier molecular flexibility index (Phi) is 4.17. The third-order valence-corrected chi connectivity index (χ3v) is 0.957. The molecule has 1 aliphatic carbocycles. The van der Waals surface area contributed by atoms with Gasteiger partial charge >= 0.3 is 0 Å². The highest BCUT2D eigenvalue weighted by Crippen LogP contribution is 2.08. The minimum absolute atomic E-state index is 0.500. The van der Waals surface area contributed by atoms with Crippen molar-refractivity contribution in [1.29, 1.82) is 0 Å². The summed E-state index contributed by atoms with van der Waals surface area (Å²) in [5.41, 5.74) is 1.97. The van der Waals surface area contributed by atoms with Gasteiger partial charge in [-0.25, -0.2) is 0 Å². The SMILES string of the molecule is CC(C)(C)C.CC1=CC=CC1. The molecular weight excluding hydrogens is 132 g/mol. The zero-order chi connectivity index (χ0) is 8.91. The molecule has 0 saturated carbocycles. The van der Waals surface area contributed by atoms with Crippen LogP contribution in [0.5, 0.6) is 0 Å². The van der Waals surface area contributed by atoms with Gasteiger partial charge in [0.1, 0.15) is 0 Å². The summed E-state index contributed by atoms with van der Waals surface area (Å²) in [6.45, 7) is 10.9. The summed E-state index contributed by atoms with van der Waals surface area (Å²) in [5.74, 6) is 0. The van der Waals surface area contributed by atoms with E-state index in [1.807, 2.05) is 0 Å². The van der Waals surface area contributed by atoms with E-state index in [2.05, 4.69) is 52.8 Å². The maximum Gasteiger partial charge on any atom is -0.0135 e. The summed E-state index contributed by atoms with van der Waals surface area (Å²) < 4.78 is 0. The number of allylic oxidation sites excluding steroid dienone is 4. The fourth-order valence-corrected chi connectivity index (χ4v) is 0.554. The summed E-state index contributed by atoms with van der Waals surface area (Å²) >= 11 is 0. The van der Waals surface area contributed by atoms with Gasteiger partial charge in [0.25, 0.3) is 0 Å². The third kappa shape index (κ3) is 12.6. The van der Waals surface area contributed by atoms with Gasteiger partial charge in [0.2, 0.25) is 0 Å². The Morgan fingerprint density at radius 1 is 1.18 bits per heavy atom. The lowest BCUT2D eigenvalue weighted by molar-refractivity contribution is 0.469. The van der Waals surface area contributed by atoms with E-state index >= 15 is 0 Å². The van der Waals surface area contributed by atoms with Gasteiger partial charge in [0.05, 0.1) is 0 Å². The molecule has 0 aromatic rings. The van der Waals surface area contributed by atoms with Crippen LogP contribution in [0, 0.1) is 5.41 Å². The number of hydrogen-bond donors (Lipinski definition) is 0. The van der Waals surface area contributed by atoms with E-state index in [4.69, 9.17) is 0 Å². The molecule has 1 aliphatic rings. The number of rotatable bonds is 0. The highest BCUT2D eigenvalue weighted by Gasteiger charge is 1.95. The third-order valence-electron chi connectivity index (χ3n) is 0.957. The molecule has 0 saturated heterocycles. The second-order valence-corrected chi connectivity index (χ2v) is 4.65. The second kappa shape index (κ2) is 4.38. The maximum absolute atomic E-state index is 2.19. The van der Waals surface area contributed by atoms with Crippen molar-refractivity contribution >= 4 is 0 Å². The Morgan fingerprint density at radius 3 is 1.73 bits per heavy atom. The Labute approximate surface area is 71.0 Å². The standard InChI is InChI=1S/C6H8.C5H12/c1-6-4-2-3-5-6;1-5(2,3)4/h2-4H,5H2,1H3;1-4H3. The van der Waals surface area contributed by atoms with E-state index in [1.165, 1.54) is 12.0 Å². The van der Waals surface area contributed by atoms with Gasteiger partial charge in [0.15, 0.2) is 0 Å². The monoisotopic (exact) mass is 152 g/mol. The van der Waals surface area contributed by atoms with Gasteiger partial charge in [-0.05, 0) is 18.8 Å². The predicted molar refractivity (Wildman–Crippen MR) is 52.6 cm³/mol. The van der Waals surface area contributed by atoms with Crippen molar-refractivity contribution in [2.24, 2.45) is 5.41 Å². The van der Waals surface area contributed by atoms with Crippen LogP contribution in [0.2, 0.25) is 0 Å². The minimum atomic E-state index is 0.500. The van der Waals surface area contributed by atoms with Crippen LogP contribution < -0.4 is 0 Å². The average molecular weight is 152 g/mol. The van der Waals surface area contributed by atoms with E-state index in [-0.39, 0.29) is 0 Å². The normalized spacial score (nSPS) is 15.5. The van der Waals surface area contributed by atoms with E-state index in [9.17, 15) is 0 Å². The van der Waals surface area contributed by atoms with Crippen molar-refractivity contribution in [2.75, 3.05) is 0 Å². The fraction of sp³-hybridized carbons (Fsp3) is 0.636. The van der Waals surface area contributed by atoms with Crippen LogP contribution >= 0.6 is 0 Å². The summed E-state index contributed by atoms with van der Waals surface area (Å²) in [6, 6.07) is 0. The van der Waals surface area contributed by atoms with Crippen LogP contribution in [0.1, 0.15) is 41.0 Å². The molecule has 0 amide bonds. The van der Waals surface area contributed by atoms with Gasteiger partial charge in [0, 0.05) is 0 Å². The quantitative estimate of drug-likeness (QED) is 0.493. The van der Waals surface area contributed by atoms with Gasteiger partial charge < -0.3 is 0 Å². The molecule has 0 heterocycles. The van der Waals surface area contributed by atoms with Gasteiger partial charge in [-0.3, -0.25) is 0 Å². The first kappa shape index (κ1) is 10.5. The predicted octanol–water partition coefficient (Wildman–Crippen LogP) is 3.95. The largest absolute Gasteiger partial charge is 0.0805 e. The van der Waals surface area contributed by atoms with Crippen molar-refractivity contribution in [2.45, 2.75) is 41.0 Å². The molecule has 0 nitrogen and oxygen atoms in total. The lowest BCUT2D eigenvalue weighted by atomic mass is 10.0. The highest BCUT2D eigenvalue weighted by molar-refractivity contribution is 5.20. The van der Waals surface area contributed by atoms with Crippen LogP contribution in [0.25, 0.3) is 0 Å². The molecule has 11 heavy (non-hydrogen) atoms. The van der Waals surface area contributed by atoms with Gasteiger partial charge in [-0.2, -0.15) is 0 Å². The minimum Gasteiger partial charge on any atom is -0.0805 e. The highest BCUT2D eigenvalue weighted by atomic mass is 14.0. The first-order valence-electron chi connectivity index (χ1n) is 4.22. The zero-order valence-electron chi connectivity index (χ0n) is 8.44. The Hall–Kier alpha value is -0.520. The molecule has 0 atom stereocenters. The summed E-state index contributed by atoms with van der Waals surface area (Å²) in [7, 11) is 0. The van der Waals surface area contributed by atoms with E-state index in [0.29, 0.717) is 5.41 Å². The van der Waals surface area contributed by atoms with E-state index < -0.39 is 0 Å². The molecule has 1 rings (SSSR count). The first-order valence-corrected chi connectivity index (χ1v) is 4.22. The van der Waals surface area contributed by atoms with Crippen LogP contribution in [-0.4, -0.2) is 0 Å². The van der Waals surface area contributed by atoms with E-state index in [0.717, 1.165) is 0 Å². The Bertz CT molecular complexity index is 147. The molecule has 0 aliphatic heterocycles. The maximum atomic E-state index is 2.19. The summed E-state index contributed by atoms with van der Waals surface area (Å²) in [5, 5.41) is 0. The molecular formula is C11H20. The van der Waals surface area contributed by atoms with Crippen LogP contribution in [0.4, 0.5) is 0 Å². The van der Waals surface area contributed by atoms with Gasteiger partial charge in [-0.1, -0.05) is 51.5 Å². The van der Waals surface area contributed by atoms with Crippen LogP contribution in [0.3, 0.4) is 0 Å². The van der Waals surface area contributed by atoms with Crippen molar-refractivity contribution in [1.82, 2.24) is 0 Å². The van der Waals surface area contributed by atoms with Gasteiger partial charge in [-0.15, -0.1) is 0 Å². The topological polar surface area (TPSA) is 0 Å². The number of hydrogen-bond acceptors (Lipinski definition) is 0. The van der Waals surface area contributed by atoms with Crippen LogP contribution in [-0.2, 0) is 0 Å². The molecule has 0 radical (unpaired) electrons. The molecule has 0 bridgehead atoms. The van der Waals surface area contributed by atoms with Crippen molar-refractivity contribution in [3.8, 4) is 0 Å². The fourth-order valence-electron chi connectivity index (χ4n) is 0.554. The molecule has 0 spiro atoms. The summed E-state index contributed by atoms with van der Waals surface area (Å²) in [6.07, 6.45) is 7.56. The lowest BCUT2D eigenvalue weighted by Gasteiger charge is -2.05.